The minimum Gasteiger partial charge on any atom is -0.465 e. The van der Waals surface area contributed by atoms with E-state index in [0.717, 1.165) is 0 Å². The van der Waals surface area contributed by atoms with Gasteiger partial charge in [-0.15, -0.1) is 0 Å². The quantitative estimate of drug-likeness (QED) is 0.754. The monoisotopic (exact) mass is 376 g/mol. The Bertz CT molecular complexity index is 923. The number of para-hydroxylation sites is 1. The summed E-state index contributed by atoms with van der Waals surface area (Å²) in [7, 11) is -2.79. The second-order valence-corrected chi connectivity index (χ2v) is 7.48. The van der Waals surface area contributed by atoms with Gasteiger partial charge in [0.1, 0.15) is 0 Å². The van der Waals surface area contributed by atoms with Crippen LogP contribution in [-0.4, -0.2) is 33.4 Å². The standard InChI is InChI=1S/C18H20N2O5S/c1-12(2)19-17(21)13-7-6-8-14(11-13)26(23,24)20-16-10-5-4-9-15(16)18(22)25-3/h4-12,20H,1-3H3,(H,19,21). The summed E-state index contributed by atoms with van der Waals surface area (Å²) in [6.07, 6.45) is 0. The summed E-state index contributed by atoms with van der Waals surface area (Å²) in [5.41, 5.74) is 0.409. The molecular weight excluding hydrogens is 356 g/mol. The number of hydrogen-bond donors (Lipinski definition) is 2. The summed E-state index contributed by atoms with van der Waals surface area (Å²) in [5, 5.41) is 2.70. The zero-order chi connectivity index (χ0) is 19.3. The number of ether oxygens (including phenoxy) is 1. The molecule has 1 amide bonds. The van der Waals surface area contributed by atoms with Crippen LogP contribution >= 0.6 is 0 Å². The van der Waals surface area contributed by atoms with Gasteiger partial charge in [-0.05, 0) is 44.2 Å². The Hall–Kier alpha value is -2.87. The predicted octanol–water partition coefficient (Wildman–Crippen LogP) is 2.41. The Labute approximate surface area is 152 Å². The first-order valence-electron chi connectivity index (χ1n) is 7.85. The normalized spacial score (nSPS) is 11.1. The van der Waals surface area contributed by atoms with E-state index in [1.54, 1.807) is 12.1 Å². The van der Waals surface area contributed by atoms with Crippen molar-refractivity contribution in [2.24, 2.45) is 0 Å². The first-order valence-corrected chi connectivity index (χ1v) is 9.34. The third-order valence-corrected chi connectivity index (χ3v) is 4.77. The van der Waals surface area contributed by atoms with Gasteiger partial charge < -0.3 is 10.1 Å². The van der Waals surface area contributed by atoms with Crippen LogP contribution in [0.25, 0.3) is 0 Å². The second-order valence-electron chi connectivity index (χ2n) is 5.80. The van der Waals surface area contributed by atoms with E-state index in [4.69, 9.17) is 0 Å². The van der Waals surface area contributed by atoms with E-state index in [1.165, 1.54) is 43.5 Å². The van der Waals surface area contributed by atoms with Gasteiger partial charge in [0.15, 0.2) is 0 Å². The fourth-order valence-electron chi connectivity index (χ4n) is 2.21. The van der Waals surface area contributed by atoms with Crippen LogP contribution in [0.1, 0.15) is 34.6 Å². The number of amides is 1. The molecule has 2 N–H and O–H groups in total. The minimum absolute atomic E-state index is 0.0761. The molecule has 0 aliphatic rings. The van der Waals surface area contributed by atoms with E-state index in [0.29, 0.717) is 0 Å². The van der Waals surface area contributed by atoms with Gasteiger partial charge in [-0.3, -0.25) is 9.52 Å². The number of hydrogen-bond acceptors (Lipinski definition) is 5. The van der Waals surface area contributed by atoms with Gasteiger partial charge in [0.2, 0.25) is 0 Å². The molecule has 0 saturated carbocycles. The largest absolute Gasteiger partial charge is 0.465 e. The summed E-state index contributed by atoms with van der Waals surface area (Å²) in [6, 6.07) is 11.7. The molecule has 0 fully saturated rings. The maximum atomic E-state index is 12.7. The maximum absolute atomic E-state index is 12.7. The number of rotatable bonds is 6. The van der Waals surface area contributed by atoms with E-state index in [-0.39, 0.29) is 33.7 Å². The molecule has 7 nitrogen and oxygen atoms in total. The summed E-state index contributed by atoms with van der Waals surface area (Å²) in [4.78, 5) is 23.8. The van der Waals surface area contributed by atoms with Crippen LogP contribution in [-0.2, 0) is 14.8 Å². The molecule has 0 atom stereocenters. The molecular formula is C18H20N2O5S. The molecule has 0 heterocycles. The van der Waals surface area contributed by atoms with Crippen molar-refractivity contribution in [3.63, 3.8) is 0 Å². The average Bonchev–Trinajstić information content (AvgIpc) is 2.61. The Morgan fingerprint density at radius 1 is 1.04 bits per heavy atom. The van der Waals surface area contributed by atoms with Crippen molar-refractivity contribution in [2.75, 3.05) is 11.8 Å². The summed E-state index contributed by atoms with van der Waals surface area (Å²) in [5.74, 6) is -1.03. The van der Waals surface area contributed by atoms with E-state index < -0.39 is 16.0 Å². The average molecular weight is 376 g/mol. The lowest BCUT2D eigenvalue weighted by molar-refractivity contribution is 0.0601. The van der Waals surface area contributed by atoms with Crippen LogP contribution < -0.4 is 10.0 Å². The van der Waals surface area contributed by atoms with Crippen molar-refractivity contribution in [1.29, 1.82) is 0 Å². The van der Waals surface area contributed by atoms with Crippen LogP contribution in [0.3, 0.4) is 0 Å². The van der Waals surface area contributed by atoms with Crippen molar-refractivity contribution in [3.05, 3.63) is 59.7 Å². The molecule has 8 heteroatoms. The van der Waals surface area contributed by atoms with Crippen LogP contribution in [0.5, 0.6) is 0 Å². The summed E-state index contributed by atoms with van der Waals surface area (Å²) in [6.45, 7) is 3.62. The predicted molar refractivity (Wildman–Crippen MR) is 97.6 cm³/mol. The van der Waals surface area contributed by atoms with E-state index in [9.17, 15) is 18.0 Å². The molecule has 0 bridgehead atoms. The van der Waals surface area contributed by atoms with Crippen molar-refractivity contribution >= 4 is 27.6 Å². The van der Waals surface area contributed by atoms with Crippen molar-refractivity contribution in [1.82, 2.24) is 5.32 Å². The lowest BCUT2D eigenvalue weighted by atomic mass is 10.2. The number of esters is 1. The van der Waals surface area contributed by atoms with Gasteiger partial charge in [0.25, 0.3) is 15.9 Å². The second kappa shape index (κ2) is 8.01. The summed E-state index contributed by atoms with van der Waals surface area (Å²) >= 11 is 0. The zero-order valence-electron chi connectivity index (χ0n) is 14.6. The van der Waals surface area contributed by atoms with Gasteiger partial charge >= 0.3 is 5.97 Å². The number of anilines is 1. The SMILES string of the molecule is COC(=O)c1ccccc1NS(=O)(=O)c1cccc(C(=O)NC(C)C)c1. The third-order valence-electron chi connectivity index (χ3n) is 3.40. The molecule has 0 radical (unpaired) electrons. The van der Waals surface area contributed by atoms with Crippen LogP contribution in [0.15, 0.2) is 53.4 Å². The fraction of sp³-hybridized carbons (Fsp3) is 0.222. The first-order chi connectivity index (χ1) is 12.2. The third kappa shape index (κ3) is 4.60. The van der Waals surface area contributed by atoms with Gasteiger partial charge in [0.05, 0.1) is 23.3 Å². The first kappa shape index (κ1) is 19.5. The molecule has 2 aromatic carbocycles. The molecule has 0 unspecified atom stereocenters. The molecule has 0 saturated heterocycles. The number of sulfonamides is 1. The van der Waals surface area contributed by atoms with Gasteiger partial charge in [0, 0.05) is 11.6 Å². The van der Waals surface area contributed by atoms with Crippen LogP contribution in [0, 0.1) is 0 Å². The number of methoxy groups -OCH3 is 1. The molecule has 2 rings (SSSR count). The Balaban J connectivity index is 2.35. The molecule has 0 spiro atoms. The molecule has 0 aliphatic carbocycles. The van der Waals surface area contributed by atoms with E-state index in [1.807, 2.05) is 13.8 Å². The molecule has 26 heavy (non-hydrogen) atoms. The van der Waals surface area contributed by atoms with Crippen LogP contribution in [0.4, 0.5) is 5.69 Å². The summed E-state index contributed by atoms with van der Waals surface area (Å²) < 4.78 is 32.4. The number of carbonyl (C=O) groups is 2. The maximum Gasteiger partial charge on any atom is 0.339 e. The van der Waals surface area contributed by atoms with Gasteiger partial charge in [-0.25, -0.2) is 13.2 Å². The number of nitrogens with one attached hydrogen (secondary N) is 2. The van der Waals surface area contributed by atoms with Gasteiger partial charge in [-0.1, -0.05) is 18.2 Å². The molecule has 0 aromatic heterocycles. The highest BCUT2D eigenvalue weighted by Gasteiger charge is 2.20. The highest BCUT2D eigenvalue weighted by molar-refractivity contribution is 7.92. The van der Waals surface area contributed by atoms with Crippen molar-refractivity contribution < 1.29 is 22.7 Å². The van der Waals surface area contributed by atoms with Crippen LogP contribution in [0.2, 0.25) is 0 Å². The van der Waals surface area contributed by atoms with E-state index in [2.05, 4.69) is 14.8 Å². The highest BCUT2D eigenvalue weighted by Crippen LogP contribution is 2.21. The highest BCUT2D eigenvalue weighted by atomic mass is 32.2. The Kier molecular flexibility index (Phi) is 5.99. The minimum atomic E-state index is -4.00. The lowest BCUT2D eigenvalue weighted by Gasteiger charge is -2.13. The van der Waals surface area contributed by atoms with Crippen molar-refractivity contribution in [2.45, 2.75) is 24.8 Å². The number of carbonyl (C=O) groups excluding carboxylic acids is 2. The zero-order valence-corrected chi connectivity index (χ0v) is 15.5. The molecule has 138 valence electrons. The van der Waals surface area contributed by atoms with E-state index >= 15 is 0 Å². The Morgan fingerprint density at radius 3 is 2.38 bits per heavy atom. The fourth-order valence-corrected chi connectivity index (χ4v) is 3.34. The topological polar surface area (TPSA) is 102 Å². The molecule has 0 aliphatic heterocycles. The van der Waals surface area contributed by atoms with Crippen molar-refractivity contribution in [3.8, 4) is 0 Å². The lowest BCUT2D eigenvalue weighted by Crippen LogP contribution is -2.30. The van der Waals surface area contributed by atoms with Gasteiger partial charge in [-0.2, -0.15) is 0 Å². The number of benzene rings is 2. The molecule has 2 aromatic rings. The Morgan fingerprint density at radius 2 is 1.73 bits per heavy atom. The smallest absolute Gasteiger partial charge is 0.339 e.